The van der Waals surface area contributed by atoms with Crippen molar-refractivity contribution in [3.05, 3.63) is 0 Å². The molecule has 6 heteroatoms. The average molecular weight is 317 g/mol. The zero-order valence-electron chi connectivity index (χ0n) is 13.6. The van der Waals surface area contributed by atoms with Gasteiger partial charge in [-0.05, 0) is 52.9 Å². The molecule has 1 saturated heterocycles. The molecule has 0 unspecified atom stereocenters. The van der Waals surface area contributed by atoms with Gasteiger partial charge >= 0.3 is 0 Å². The normalized spacial score (nSPS) is 23.8. The molecule has 1 heterocycles. The van der Waals surface area contributed by atoms with Gasteiger partial charge in [0, 0.05) is 19.1 Å². The van der Waals surface area contributed by atoms with Crippen LogP contribution in [0.2, 0.25) is 0 Å². The maximum absolute atomic E-state index is 12.2. The predicted octanol–water partition coefficient (Wildman–Crippen LogP) is 1.26. The fraction of sp³-hybridized carbons (Fsp3) is 1.00. The summed E-state index contributed by atoms with van der Waals surface area (Å²) in [5.41, 5.74) is 0. The van der Waals surface area contributed by atoms with Gasteiger partial charge in [-0.25, -0.2) is 13.1 Å². The molecule has 1 N–H and O–H groups in total. The Labute approximate surface area is 130 Å². The molecule has 21 heavy (non-hydrogen) atoms. The quantitative estimate of drug-likeness (QED) is 0.801. The van der Waals surface area contributed by atoms with Gasteiger partial charge in [0.15, 0.2) is 0 Å². The van der Waals surface area contributed by atoms with E-state index in [2.05, 4.69) is 28.6 Å². The molecule has 0 atom stereocenters. The van der Waals surface area contributed by atoms with Gasteiger partial charge in [-0.2, -0.15) is 0 Å². The Hall–Kier alpha value is -0.170. The van der Waals surface area contributed by atoms with Crippen molar-refractivity contribution in [2.45, 2.75) is 56.2 Å². The van der Waals surface area contributed by atoms with Crippen molar-refractivity contribution in [3.8, 4) is 0 Å². The third kappa shape index (κ3) is 5.20. The summed E-state index contributed by atoms with van der Waals surface area (Å²) in [7, 11) is 1.18. The molecule has 2 rings (SSSR count). The molecule has 0 amide bonds. The number of likely N-dealkylation sites (tertiary alicyclic amines) is 1. The van der Waals surface area contributed by atoms with Gasteiger partial charge in [0.2, 0.25) is 10.0 Å². The maximum Gasteiger partial charge on any atom is 0.214 e. The van der Waals surface area contributed by atoms with E-state index in [1.54, 1.807) is 0 Å². The van der Waals surface area contributed by atoms with E-state index >= 15 is 0 Å². The van der Waals surface area contributed by atoms with Crippen LogP contribution in [0.25, 0.3) is 0 Å². The molecular formula is C15H31N3O2S. The first-order chi connectivity index (χ1) is 9.99. The van der Waals surface area contributed by atoms with Crippen LogP contribution < -0.4 is 4.72 Å². The highest BCUT2D eigenvalue weighted by Crippen LogP contribution is 2.23. The van der Waals surface area contributed by atoms with Gasteiger partial charge in [0.25, 0.3) is 0 Å². The van der Waals surface area contributed by atoms with Gasteiger partial charge in [0.05, 0.1) is 5.25 Å². The number of hydrogen-bond donors (Lipinski definition) is 1. The fourth-order valence-electron chi connectivity index (χ4n) is 3.50. The topological polar surface area (TPSA) is 52.6 Å². The third-order valence-electron chi connectivity index (χ3n) is 5.01. The number of piperidine rings is 1. The molecule has 0 spiro atoms. The number of nitrogens with zero attached hydrogens (tertiary/aromatic N) is 2. The molecule has 0 aromatic carbocycles. The molecule has 0 aromatic heterocycles. The number of rotatable bonds is 6. The second-order valence-electron chi connectivity index (χ2n) is 6.74. The Morgan fingerprint density at radius 1 is 1.05 bits per heavy atom. The predicted molar refractivity (Wildman–Crippen MR) is 86.9 cm³/mol. The lowest BCUT2D eigenvalue weighted by Crippen LogP contribution is -2.45. The van der Waals surface area contributed by atoms with Crippen LogP contribution in [0.1, 0.15) is 44.9 Å². The summed E-state index contributed by atoms with van der Waals surface area (Å²) in [6, 6.07) is 0.681. The lowest BCUT2D eigenvalue weighted by atomic mass is 10.0. The largest absolute Gasteiger partial charge is 0.306 e. The van der Waals surface area contributed by atoms with Crippen molar-refractivity contribution in [1.82, 2.24) is 14.5 Å². The summed E-state index contributed by atoms with van der Waals surface area (Å²) in [5, 5.41) is -0.147. The van der Waals surface area contributed by atoms with Gasteiger partial charge in [0.1, 0.15) is 0 Å². The summed E-state index contributed by atoms with van der Waals surface area (Å²) in [6.45, 7) is 3.56. The lowest BCUT2D eigenvalue weighted by Gasteiger charge is -2.35. The Kier molecular flexibility index (Phi) is 6.47. The first-order valence-corrected chi connectivity index (χ1v) is 9.91. The minimum Gasteiger partial charge on any atom is -0.306 e. The monoisotopic (exact) mass is 317 g/mol. The first kappa shape index (κ1) is 17.2. The van der Waals surface area contributed by atoms with E-state index in [1.807, 2.05) is 0 Å². The van der Waals surface area contributed by atoms with Crippen LogP contribution in [0.5, 0.6) is 0 Å². The molecular weight excluding hydrogens is 286 g/mol. The van der Waals surface area contributed by atoms with Crippen molar-refractivity contribution >= 4 is 10.0 Å². The van der Waals surface area contributed by atoms with Crippen LogP contribution in [-0.4, -0.2) is 69.8 Å². The van der Waals surface area contributed by atoms with Crippen molar-refractivity contribution in [1.29, 1.82) is 0 Å². The van der Waals surface area contributed by atoms with Crippen molar-refractivity contribution in [2.75, 3.05) is 40.3 Å². The van der Waals surface area contributed by atoms with Gasteiger partial charge < -0.3 is 9.80 Å². The highest BCUT2D eigenvalue weighted by Gasteiger charge is 2.27. The summed E-state index contributed by atoms with van der Waals surface area (Å²) >= 11 is 0. The van der Waals surface area contributed by atoms with E-state index in [-0.39, 0.29) is 5.25 Å². The zero-order valence-corrected chi connectivity index (χ0v) is 14.4. The van der Waals surface area contributed by atoms with E-state index in [9.17, 15) is 8.42 Å². The molecule has 5 nitrogen and oxygen atoms in total. The molecule has 0 aromatic rings. The van der Waals surface area contributed by atoms with Crippen LogP contribution in [0.15, 0.2) is 0 Å². The van der Waals surface area contributed by atoms with E-state index in [1.165, 1.54) is 19.3 Å². The number of hydrogen-bond acceptors (Lipinski definition) is 4. The Bertz CT molecular complexity index is 397. The molecule has 124 valence electrons. The van der Waals surface area contributed by atoms with Crippen LogP contribution in [0.4, 0.5) is 0 Å². The number of sulfonamides is 1. The molecule has 2 aliphatic rings. The molecule has 1 aliphatic carbocycles. The lowest BCUT2D eigenvalue weighted by molar-refractivity contribution is 0.147. The van der Waals surface area contributed by atoms with Crippen LogP contribution >= 0.6 is 0 Å². The fourth-order valence-corrected chi connectivity index (χ4v) is 5.06. The van der Waals surface area contributed by atoms with Crippen LogP contribution in [0, 0.1) is 0 Å². The molecule has 1 saturated carbocycles. The van der Waals surface area contributed by atoms with Gasteiger partial charge in [-0.1, -0.05) is 19.3 Å². The summed E-state index contributed by atoms with van der Waals surface area (Å²) in [5.74, 6) is 0. The Morgan fingerprint density at radius 2 is 1.67 bits per heavy atom. The minimum absolute atomic E-state index is 0.147. The summed E-state index contributed by atoms with van der Waals surface area (Å²) in [6.07, 6.45) is 7.35. The van der Waals surface area contributed by atoms with E-state index < -0.39 is 10.0 Å². The Balaban J connectivity index is 1.67. The Morgan fingerprint density at radius 3 is 2.24 bits per heavy atom. The summed E-state index contributed by atoms with van der Waals surface area (Å²) < 4.78 is 27.3. The van der Waals surface area contributed by atoms with E-state index in [4.69, 9.17) is 0 Å². The van der Waals surface area contributed by atoms with Crippen molar-refractivity contribution < 1.29 is 8.42 Å². The molecule has 0 radical (unpaired) electrons. The molecule has 0 bridgehead atoms. The maximum atomic E-state index is 12.2. The average Bonchev–Trinajstić information content (AvgIpc) is 2.48. The SMILES string of the molecule is CN(C)C1CCN(CCNS(=O)(=O)C2CCCCC2)CC1. The third-order valence-corrected chi connectivity index (χ3v) is 6.97. The standard InChI is InChI=1S/C15H31N3O2S/c1-17(2)14-8-11-18(12-9-14)13-10-16-21(19,20)15-6-4-3-5-7-15/h14-16H,3-13H2,1-2H3. The highest BCUT2D eigenvalue weighted by atomic mass is 32.2. The molecule has 2 fully saturated rings. The first-order valence-electron chi connectivity index (χ1n) is 8.36. The smallest absolute Gasteiger partial charge is 0.214 e. The highest BCUT2D eigenvalue weighted by molar-refractivity contribution is 7.90. The summed E-state index contributed by atoms with van der Waals surface area (Å²) in [4.78, 5) is 4.67. The second kappa shape index (κ2) is 7.90. The van der Waals surface area contributed by atoms with Gasteiger partial charge in [-0.15, -0.1) is 0 Å². The number of nitrogens with one attached hydrogen (secondary N) is 1. The minimum atomic E-state index is -3.09. The van der Waals surface area contributed by atoms with Crippen molar-refractivity contribution in [3.63, 3.8) is 0 Å². The zero-order chi connectivity index (χ0) is 15.3. The van der Waals surface area contributed by atoms with E-state index in [0.29, 0.717) is 12.6 Å². The van der Waals surface area contributed by atoms with Crippen molar-refractivity contribution in [2.24, 2.45) is 0 Å². The van der Waals surface area contributed by atoms with Gasteiger partial charge in [-0.3, -0.25) is 0 Å². The van der Waals surface area contributed by atoms with Crippen LogP contribution in [0.3, 0.4) is 0 Å². The van der Waals surface area contributed by atoms with E-state index in [0.717, 1.165) is 45.3 Å². The second-order valence-corrected chi connectivity index (χ2v) is 8.78. The molecule has 1 aliphatic heterocycles. The van der Waals surface area contributed by atoms with Crippen LogP contribution in [-0.2, 0) is 10.0 Å².